The molecule has 20 heavy (non-hydrogen) atoms. The van der Waals surface area contributed by atoms with Crippen LogP contribution in [0.2, 0.25) is 0 Å². The molecule has 1 aromatic rings. The van der Waals surface area contributed by atoms with Gasteiger partial charge in [-0.25, -0.2) is 4.39 Å². The fraction of sp³-hybridized carbons (Fsp3) is 0.500. The van der Waals surface area contributed by atoms with E-state index >= 15 is 0 Å². The number of hydrogen-bond donors (Lipinski definition) is 4. The van der Waals surface area contributed by atoms with Crippen LogP contribution in [0, 0.1) is 0 Å². The molecule has 1 rings (SSSR count). The summed E-state index contributed by atoms with van der Waals surface area (Å²) in [7, 11) is 3.75. The molecule has 0 aliphatic carbocycles. The van der Waals surface area contributed by atoms with Crippen molar-refractivity contribution >= 4 is 5.96 Å². The van der Waals surface area contributed by atoms with E-state index in [2.05, 4.69) is 15.6 Å². The van der Waals surface area contributed by atoms with Crippen molar-refractivity contribution < 1.29 is 4.39 Å². The minimum absolute atomic E-state index is 0.0469. The van der Waals surface area contributed by atoms with Crippen molar-refractivity contribution in [3.05, 3.63) is 35.9 Å². The Bertz CT molecular complexity index is 352. The van der Waals surface area contributed by atoms with Crippen LogP contribution in [0.25, 0.3) is 0 Å². The highest BCUT2D eigenvalue weighted by Crippen LogP contribution is 2.00. The Balaban J connectivity index is 0.00000110. The maximum atomic E-state index is 12.7. The molecule has 0 saturated heterocycles. The molecule has 0 saturated carbocycles. The molecule has 6 N–H and O–H groups in total. The van der Waals surface area contributed by atoms with E-state index in [4.69, 9.17) is 11.5 Å². The number of benzene rings is 1. The van der Waals surface area contributed by atoms with E-state index in [0.717, 1.165) is 5.56 Å². The van der Waals surface area contributed by atoms with Crippen molar-refractivity contribution in [3.63, 3.8) is 0 Å². The molecule has 0 aliphatic rings. The van der Waals surface area contributed by atoms with Crippen molar-refractivity contribution in [1.82, 2.24) is 10.6 Å². The molecule has 1 aromatic carbocycles. The van der Waals surface area contributed by atoms with Crippen LogP contribution >= 0.6 is 0 Å². The van der Waals surface area contributed by atoms with E-state index in [0.29, 0.717) is 19.5 Å². The quantitative estimate of drug-likeness (QED) is 0.436. The summed E-state index contributed by atoms with van der Waals surface area (Å²) in [5.41, 5.74) is 11.5. The van der Waals surface area contributed by atoms with Crippen molar-refractivity contribution in [3.8, 4) is 0 Å². The third kappa shape index (κ3) is 10.3. The van der Waals surface area contributed by atoms with Gasteiger partial charge >= 0.3 is 0 Å². The van der Waals surface area contributed by atoms with Crippen LogP contribution in [0.4, 0.5) is 4.39 Å². The summed E-state index contributed by atoms with van der Waals surface area (Å²) in [5, 5.41) is 5.88. The first kappa shape index (κ1) is 18.3. The van der Waals surface area contributed by atoms with Gasteiger partial charge in [-0.15, -0.1) is 0 Å². The number of nitrogens with two attached hydrogens (primary N) is 2. The lowest BCUT2D eigenvalue weighted by molar-refractivity contribution is 0.360. The van der Waals surface area contributed by atoms with Gasteiger partial charge in [0.2, 0.25) is 0 Å². The highest BCUT2D eigenvalue weighted by molar-refractivity contribution is 5.75. The van der Waals surface area contributed by atoms with Crippen LogP contribution < -0.4 is 22.1 Å². The summed E-state index contributed by atoms with van der Waals surface area (Å²) >= 11 is 0. The third-order valence-electron chi connectivity index (χ3n) is 2.40. The van der Waals surface area contributed by atoms with Gasteiger partial charge in [0.1, 0.15) is 6.67 Å². The number of rotatable bonds is 7. The molecule has 1 unspecified atom stereocenters. The normalized spacial score (nSPS) is 11.2. The molecule has 0 amide bonds. The largest absolute Gasteiger partial charge is 0.370 e. The average Bonchev–Trinajstić information content (AvgIpc) is 2.44. The summed E-state index contributed by atoms with van der Waals surface area (Å²) in [5.74, 6) is 0.0469. The van der Waals surface area contributed by atoms with E-state index in [1.807, 2.05) is 44.4 Å². The van der Waals surface area contributed by atoms with E-state index < -0.39 is 6.67 Å². The molecule has 0 heterocycles. The molecule has 0 radical (unpaired) electrons. The molecule has 0 aromatic heterocycles. The van der Waals surface area contributed by atoms with Gasteiger partial charge in [0, 0.05) is 19.1 Å². The molecular formula is C14H26FN5. The Morgan fingerprint density at radius 2 is 1.85 bits per heavy atom. The second-order valence-electron chi connectivity index (χ2n) is 4.31. The lowest BCUT2D eigenvalue weighted by Gasteiger charge is -2.14. The van der Waals surface area contributed by atoms with E-state index in [9.17, 15) is 4.39 Å². The summed E-state index contributed by atoms with van der Waals surface area (Å²) in [6, 6.07) is 9.66. The molecule has 0 fully saturated rings. The SMILES string of the molecule is CNC.NC(N)=NCCC(CF)NCc1ccccc1. The Kier molecular flexibility index (Phi) is 11.4. The zero-order valence-electron chi connectivity index (χ0n) is 12.3. The van der Waals surface area contributed by atoms with Gasteiger partial charge in [0.05, 0.1) is 0 Å². The lowest BCUT2D eigenvalue weighted by Crippen LogP contribution is -2.32. The second-order valence-corrected chi connectivity index (χ2v) is 4.31. The van der Waals surface area contributed by atoms with Gasteiger partial charge in [-0.05, 0) is 26.1 Å². The van der Waals surface area contributed by atoms with Crippen molar-refractivity contribution in [2.24, 2.45) is 16.5 Å². The summed E-state index contributed by atoms with van der Waals surface area (Å²) in [6.45, 7) is 0.669. The summed E-state index contributed by atoms with van der Waals surface area (Å²) in [6.07, 6.45) is 0.585. The fourth-order valence-electron chi connectivity index (χ4n) is 1.44. The first-order chi connectivity index (χ1) is 9.63. The molecule has 5 nitrogen and oxygen atoms in total. The maximum Gasteiger partial charge on any atom is 0.185 e. The van der Waals surface area contributed by atoms with Gasteiger partial charge in [0.15, 0.2) is 5.96 Å². The number of nitrogens with zero attached hydrogens (tertiary/aromatic N) is 1. The smallest absolute Gasteiger partial charge is 0.185 e. The average molecular weight is 283 g/mol. The standard InChI is InChI=1S/C12H19FN4.C2H7N/c13-8-11(6-7-16-12(14)15)17-9-10-4-2-1-3-5-10;1-3-2/h1-5,11,17H,6-9H2,(H4,14,15,16);3H,1-2H3. The van der Waals surface area contributed by atoms with Crippen LogP contribution in [0.3, 0.4) is 0 Å². The predicted molar refractivity (Wildman–Crippen MR) is 83.3 cm³/mol. The number of nitrogens with one attached hydrogen (secondary N) is 2. The minimum Gasteiger partial charge on any atom is -0.370 e. The van der Waals surface area contributed by atoms with Gasteiger partial charge < -0.3 is 22.1 Å². The zero-order chi connectivity index (χ0) is 15.2. The van der Waals surface area contributed by atoms with E-state index in [1.165, 1.54) is 0 Å². The predicted octanol–water partition coefficient (Wildman–Crippen LogP) is 0.613. The Morgan fingerprint density at radius 3 is 2.35 bits per heavy atom. The number of aliphatic imine (C=N–C) groups is 1. The highest BCUT2D eigenvalue weighted by atomic mass is 19.1. The summed E-state index contributed by atoms with van der Waals surface area (Å²) < 4.78 is 12.7. The molecule has 0 spiro atoms. The highest BCUT2D eigenvalue weighted by Gasteiger charge is 2.06. The van der Waals surface area contributed by atoms with Gasteiger partial charge in [-0.3, -0.25) is 4.99 Å². The molecule has 0 aliphatic heterocycles. The first-order valence-corrected chi connectivity index (χ1v) is 6.61. The van der Waals surface area contributed by atoms with Gasteiger partial charge in [0.25, 0.3) is 0 Å². The van der Waals surface area contributed by atoms with Crippen LogP contribution in [0.1, 0.15) is 12.0 Å². The van der Waals surface area contributed by atoms with Crippen molar-refractivity contribution in [1.29, 1.82) is 0 Å². The topological polar surface area (TPSA) is 88.5 Å². The first-order valence-electron chi connectivity index (χ1n) is 6.61. The van der Waals surface area contributed by atoms with Crippen LogP contribution in [-0.4, -0.2) is 39.3 Å². The third-order valence-corrected chi connectivity index (χ3v) is 2.40. The van der Waals surface area contributed by atoms with Crippen molar-refractivity contribution in [2.45, 2.75) is 19.0 Å². The number of guanidine groups is 1. The Morgan fingerprint density at radius 1 is 1.25 bits per heavy atom. The lowest BCUT2D eigenvalue weighted by atomic mass is 10.2. The van der Waals surface area contributed by atoms with Gasteiger partial charge in [-0.1, -0.05) is 30.3 Å². The van der Waals surface area contributed by atoms with Crippen LogP contribution in [0.15, 0.2) is 35.3 Å². The number of alkyl halides is 1. The van der Waals surface area contributed by atoms with Gasteiger partial charge in [-0.2, -0.15) is 0 Å². The molecule has 1 atom stereocenters. The number of halogens is 1. The monoisotopic (exact) mass is 283 g/mol. The summed E-state index contributed by atoms with van der Waals surface area (Å²) in [4.78, 5) is 3.83. The second kappa shape index (κ2) is 12.4. The molecular weight excluding hydrogens is 257 g/mol. The molecule has 6 heteroatoms. The Hall–Kier alpha value is -1.66. The maximum absolute atomic E-state index is 12.7. The van der Waals surface area contributed by atoms with E-state index in [-0.39, 0.29) is 12.0 Å². The zero-order valence-corrected chi connectivity index (χ0v) is 12.3. The minimum atomic E-state index is -0.424. The fourth-order valence-corrected chi connectivity index (χ4v) is 1.44. The molecule has 114 valence electrons. The van der Waals surface area contributed by atoms with Crippen molar-refractivity contribution in [2.75, 3.05) is 27.3 Å². The van der Waals surface area contributed by atoms with Crippen LogP contribution in [0.5, 0.6) is 0 Å². The number of hydrogen-bond acceptors (Lipinski definition) is 3. The molecule has 0 bridgehead atoms. The van der Waals surface area contributed by atoms with E-state index in [1.54, 1.807) is 0 Å². The van der Waals surface area contributed by atoms with Crippen LogP contribution in [-0.2, 0) is 6.54 Å². The Labute approximate surface area is 120 Å².